The number of thiazole rings is 1. The van der Waals surface area contributed by atoms with Gasteiger partial charge >= 0.3 is 0 Å². The number of benzene rings is 2. The Labute approximate surface area is 181 Å². The van der Waals surface area contributed by atoms with Crippen LogP contribution in [0.1, 0.15) is 31.2 Å². The SMILES string of the molecule is O=C(Nc1nccs1)c1ccc(NC(=O)c2cc3c(s2)-c2ccccc2CC3)cc1. The molecule has 148 valence electrons. The van der Waals surface area contributed by atoms with Gasteiger partial charge in [-0.25, -0.2) is 4.98 Å². The summed E-state index contributed by atoms with van der Waals surface area (Å²) in [6.07, 6.45) is 3.60. The molecule has 2 aromatic carbocycles. The van der Waals surface area contributed by atoms with E-state index in [1.165, 1.54) is 44.2 Å². The average molecular weight is 432 g/mol. The van der Waals surface area contributed by atoms with Crippen molar-refractivity contribution in [3.63, 3.8) is 0 Å². The van der Waals surface area contributed by atoms with Crippen molar-refractivity contribution < 1.29 is 9.59 Å². The van der Waals surface area contributed by atoms with E-state index in [9.17, 15) is 9.59 Å². The zero-order valence-electron chi connectivity index (χ0n) is 15.8. The largest absolute Gasteiger partial charge is 0.321 e. The number of aromatic nitrogens is 1. The normalized spacial score (nSPS) is 12.0. The highest BCUT2D eigenvalue weighted by Gasteiger charge is 2.21. The molecule has 0 bridgehead atoms. The summed E-state index contributed by atoms with van der Waals surface area (Å²) in [4.78, 5) is 31.0. The van der Waals surface area contributed by atoms with Crippen molar-refractivity contribution in [2.24, 2.45) is 0 Å². The first kappa shape index (κ1) is 18.7. The number of hydrogen-bond acceptors (Lipinski definition) is 5. The highest BCUT2D eigenvalue weighted by molar-refractivity contribution is 7.17. The van der Waals surface area contributed by atoms with Crippen LogP contribution in [0.5, 0.6) is 0 Å². The maximum atomic E-state index is 12.8. The van der Waals surface area contributed by atoms with Crippen LogP contribution in [0, 0.1) is 0 Å². The van der Waals surface area contributed by atoms with E-state index in [4.69, 9.17) is 0 Å². The number of nitrogens with one attached hydrogen (secondary N) is 2. The first-order valence-electron chi connectivity index (χ1n) is 9.50. The monoisotopic (exact) mass is 431 g/mol. The lowest BCUT2D eigenvalue weighted by molar-refractivity contribution is 0.102. The van der Waals surface area contributed by atoms with Gasteiger partial charge in [-0.05, 0) is 59.9 Å². The maximum absolute atomic E-state index is 12.8. The lowest BCUT2D eigenvalue weighted by Gasteiger charge is -2.15. The quantitative estimate of drug-likeness (QED) is 0.450. The third kappa shape index (κ3) is 3.65. The predicted octanol–water partition coefficient (Wildman–Crippen LogP) is 5.47. The number of fused-ring (bicyclic) bond motifs is 3. The first-order valence-corrected chi connectivity index (χ1v) is 11.2. The van der Waals surface area contributed by atoms with E-state index in [0.29, 0.717) is 21.3 Å². The van der Waals surface area contributed by atoms with Crippen molar-refractivity contribution in [3.05, 3.63) is 87.7 Å². The molecule has 5 rings (SSSR count). The molecule has 0 spiro atoms. The zero-order chi connectivity index (χ0) is 20.5. The first-order chi connectivity index (χ1) is 14.7. The average Bonchev–Trinajstić information content (AvgIpc) is 3.44. The molecule has 30 heavy (non-hydrogen) atoms. The highest BCUT2D eigenvalue weighted by atomic mass is 32.1. The summed E-state index contributed by atoms with van der Waals surface area (Å²) in [5.74, 6) is -0.362. The number of anilines is 2. The second kappa shape index (κ2) is 7.85. The Kier molecular flexibility index (Phi) is 4.90. The van der Waals surface area contributed by atoms with Crippen molar-refractivity contribution in [2.45, 2.75) is 12.8 Å². The Morgan fingerprint density at radius 2 is 1.70 bits per heavy atom. The van der Waals surface area contributed by atoms with Crippen molar-refractivity contribution in [2.75, 3.05) is 10.6 Å². The third-order valence-electron chi connectivity index (χ3n) is 5.02. The standard InChI is InChI=1S/C23H17N3O2S2/c27-21(26-23-24-11-12-29-23)15-7-9-17(10-8-15)25-22(28)19-13-16-6-5-14-3-1-2-4-18(14)20(16)30-19/h1-4,7-13H,5-6H2,(H,25,28)(H,24,26,27). The van der Waals surface area contributed by atoms with Crippen molar-refractivity contribution in [1.29, 1.82) is 0 Å². The number of carbonyl (C=O) groups excluding carboxylic acids is 2. The summed E-state index contributed by atoms with van der Waals surface area (Å²) in [7, 11) is 0. The van der Waals surface area contributed by atoms with Crippen LogP contribution < -0.4 is 10.6 Å². The summed E-state index contributed by atoms with van der Waals surface area (Å²) < 4.78 is 0. The van der Waals surface area contributed by atoms with Crippen LogP contribution in [-0.4, -0.2) is 16.8 Å². The second-order valence-corrected chi connectivity index (χ2v) is 8.89. The van der Waals surface area contributed by atoms with Crippen LogP contribution in [0.4, 0.5) is 10.8 Å². The van der Waals surface area contributed by atoms with Gasteiger partial charge in [-0.3, -0.25) is 14.9 Å². The molecular weight excluding hydrogens is 414 g/mol. The fourth-order valence-electron chi connectivity index (χ4n) is 3.54. The Morgan fingerprint density at radius 3 is 2.50 bits per heavy atom. The van der Waals surface area contributed by atoms with E-state index < -0.39 is 0 Å². The van der Waals surface area contributed by atoms with Gasteiger partial charge in [0, 0.05) is 27.7 Å². The molecule has 1 aliphatic carbocycles. The molecule has 2 N–H and O–H groups in total. The molecule has 0 aliphatic heterocycles. The number of carbonyl (C=O) groups is 2. The van der Waals surface area contributed by atoms with Crippen molar-refractivity contribution in [1.82, 2.24) is 4.98 Å². The molecule has 0 unspecified atom stereocenters. The van der Waals surface area contributed by atoms with Crippen LogP contribution >= 0.6 is 22.7 Å². The summed E-state index contributed by atoms with van der Waals surface area (Å²) in [6, 6.07) is 17.2. The van der Waals surface area contributed by atoms with Crippen LogP contribution in [0.25, 0.3) is 10.4 Å². The minimum Gasteiger partial charge on any atom is -0.321 e. The summed E-state index contributed by atoms with van der Waals surface area (Å²) in [5.41, 5.74) is 4.96. The molecule has 2 heterocycles. The molecule has 0 atom stereocenters. The molecule has 2 aromatic heterocycles. The molecule has 0 saturated carbocycles. The van der Waals surface area contributed by atoms with Gasteiger partial charge in [0.1, 0.15) is 0 Å². The van der Waals surface area contributed by atoms with E-state index in [2.05, 4.69) is 33.8 Å². The van der Waals surface area contributed by atoms with Gasteiger partial charge in [0.15, 0.2) is 5.13 Å². The molecule has 7 heteroatoms. The molecule has 2 amide bonds. The van der Waals surface area contributed by atoms with Crippen molar-refractivity contribution in [3.8, 4) is 10.4 Å². The maximum Gasteiger partial charge on any atom is 0.265 e. The topological polar surface area (TPSA) is 71.1 Å². The number of nitrogens with zero attached hydrogens (tertiary/aromatic N) is 1. The van der Waals surface area contributed by atoms with Crippen LogP contribution in [0.15, 0.2) is 66.2 Å². The van der Waals surface area contributed by atoms with Crippen LogP contribution in [-0.2, 0) is 12.8 Å². The predicted molar refractivity (Wildman–Crippen MR) is 122 cm³/mol. The molecule has 5 nitrogen and oxygen atoms in total. The smallest absolute Gasteiger partial charge is 0.265 e. The van der Waals surface area contributed by atoms with Gasteiger partial charge in [-0.15, -0.1) is 22.7 Å². The molecule has 4 aromatic rings. The molecule has 0 fully saturated rings. The number of hydrogen-bond donors (Lipinski definition) is 2. The summed E-state index contributed by atoms with van der Waals surface area (Å²) in [5, 5.41) is 8.03. The van der Waals surface area contributed by atoms with Gasteiger partial charge in [-0.1, -0.05) is 24.3 Å². The van der Waals surface area contributed by atoms with Gasteiger partial charge < -0.3 is 5.32 Å². The van der Waals surface area contributed by atoms with Gasteiger partial charge in [-0.2, -0.15) is 0 Å². The van der Waals surface area contributed by atoms with Gasteiger partial charge in [0.05, 0.1) is 4.88 Å². The number of thiophene rings is 1. The number of rotatable bonds is 4. The summed E-state index contributed by atoms with van der Waals surface area (Å²) >= 11 is 2.90. The van der Waals surface area contributed by atoms with Gasteiger partial charge in [0.2, 0.25) is 0 Å². The molecular formula is C23H17N3O2S2. The summed E-state index contributed by atoms with van der Waals surface area (Å²) in [6.45, 7) is 0. The minimum atomic E-state index is -0.229. The van der Waals surface area contributed by atoms with E-state index >= 15 is 0 Å². The molecule has 0 saturated heterocycles. The second-order valence-electron chi connectivity index (χ2n) is 6.95. The third-order valence-corrected chi connectivity index (χ3v) is 6.91. The minimum absolute atomic E-state index is 0.133. The van der Waals surface area contributed by atoms with E-state index in [-0.39, 0.29) is 11.8 Å². The number of aryl methyl sites for hydroxylation is 2. The van der Waals surface area contributed by atoms with Gasteiger partial charge in [0.25, 0.3) is 11.8 Å². The fourth-order valence-corrected chi connectivity index (χ4v) is 5.23. The Morgan fingerprint density at radius 1 is 0.900 bits per heavy atom. The Bertz CT molecular complexity index is 1230. The van der Waals surface area contributed by atoms with Crippen LogP contribution in [0.2, 0.25) is 0 Å². The van der Waals surface area contributed by atoms with Crippen LogP contribution in [0.3, 0.4) is 0 Å². The van der Waals surface area contributed by atoms with E-state index in [1.807, 2.05) is 12.1 Å². The lowest BCUT2D eigenvalue weighted by Crippen LogP contribution is -2.13. The zero-order valence-corrected chi connectivity index (χ0v) is 17.5. The molecule has 0 radical (unpaired) electrons. The Balaban J connectivity index is 1.29. The molecule has 1 aliphatic rings. The highest BCUT2D eigenvalue weighted by Crippen LogP contribution is 2.39. The Hall–Kier alpha value is -3.29. The number of amides is 2. The van der Waals surface area contributed by atoms with E-state index in [1.54, 1.807) is 35.8 Å². The fraction of sp³-hybridized carbons (Fsp3) is 0.0870. The van der Waals surface area contributed by atoms with E-state index in [0.717, 1.165) is 12.8 Å². The van der Waals surface area contributed by atoms with Crippen molar-refractivity contribution >= 4 is 45.3 Å². The lowest BCUT2D eigenvalue weighted by atomic mass is 9.91.